The number of amides is 1. The standard InChI is InChI=1S/C16H19N3O2/c1-12-3-2-4-14(9-12)19-16(20)11-21-15-6-5-13(7-8-17)18-10-15/h2-6,9-10H,7-8,11,17H2,1H3,(H,19,20). The molecule has 5 heteroatoms. The first kappa shape index (κ1) is 15.0. The second-order valence-corrected chi connectivity index (χ2v) is 4.73. The van der Waals surface area contributed by atoms with E-state index in [4.69, 9.17) is 10.5 Å². The van der Waals surface area contributed by atoms with Crippen LogP contribution in [0.2, 0.25) is 0 Å². The molecule has 1 amide bonds. The Morgan fingerprint density at radius 2 is 2.19 bits per heavy atom. The maximum absolute atomic E-state index is 11.8. The minimum absolute atomic E-state index is 0.0497. The van der Waals surface area contributed by atoms with Gasteiger partial charge in [0, 0.05) is 17.8 Å². The summed E-state index contributed by atoms with van der Waals surface area (Å²) in [4.78, 5) is 16.0. The molecule has 1 heterocycles. The highest BCUT2D eigenvalue weighted by Crippen LogP contribution is 2.11. The number of ether oxygens (including phenoxy) is 1. The molecule has 0 unspecified atom stereocenters. The Morgan fingerprint density at radius 3 is 2.86 bits per heavy atom. The van der Waals surface area contributed by atoms with Gasteiger partial charge in [-0.2, -0.15) is 0 Å². The molecular weight excluding hydrogens is 266 g/mol. The van der Waals surface area contributed by atoms with Gasteiger partial charge in [0.15, 0.2) is 6.61 Å². The lowest BCUT2D eigenvalue weighted by Gasteiger charge is -2.08. The first-order valence-electron chi connectivity index (χ1n) is 6.81. The zero-order valence-corrected chi connectivity index (χ0v) is 12.0. The summed E-state index contributed by atoms with van der Waals surface area (Å²) in [6.45, 7) is 2.48. The number of carbonyl (C=O) groups excluding carboxylic acids is 1. The predicted molar refractivity (Wildman–Crippen MR) is 82.3 cm³/mol. The van der Waals surface area contributed by atoms with Gasteiger partial charge in [-0.15, -0.1) is 0 Å². The molecular formula is C16H19N3O2. The van der Waals surface area contributed by atoms with Gasteiger partial charge in [-0.1, -0.05) is 12.1 Å². The fraction of sp³-hybridized carbons (Fsp3) is 0.250. The third-order valence-electron chi connectivity index (χ3n) is 2.87. The number of nitrogens with zero attached hydrogens (tertiary/aromatic N) is 1. The molecule has 0 aliphatic rings. The Kier molecular flexibility index (Phi) is 5.29. The van der Waals surface area contributed by atoms with Crippen molar-refractivity contribution in [3.63, 3.8) is 0 Å². The summed E-state index contributed by atoms with van der Waals surface area (Å²) in [5, 5.41) is 2.78. The van der Waals surface area contributed by atoms with Gasteiger partial charge in [0.25, 0.3) is 5.91 Å². The van der Waals surface area contributed by atoms with E-state index in [0.717, 1.165) is 23.4 Å². The van der Waals surface area contributed by atoms with E-state index in [1.54, 1.807) is 12.3 Å². The van der Waals surface area contributed by atoms with Gasteiger partial charge in [0.1, 0.15) is 5.75 Å². The number of pyridine rings is 1. The van der Waals surface area contributed by atoms with Crippen molar-refractivity contribution in [2.24, 2.45) is 5.73 Å². The average molecular weight is 285 g/mol. The maximum atomic E-state index is 11.8. The third-order valence-corrected chi connectivity index (χ3v) is 2.87. The third kappa shape index (κ3) is 4.89. The minimum Gasteiger partial charge on any atom is -0.482 e. The minimum atomic E-state index is -0.202. The van der Waals surface area contributed by atoms with Gasteiger partial charge in [-0.05, 0) is 43.3 Å². The van der Waals surface area contributed by atoms with Crippen molar-refractivity contribution in [2.75, 3.05) is 18.5 Å². The molecule has 0 fully saturated rings. The van der Waals surface area contributed by atoms with E-state index in [0.29, 0.717) is 12.3 Å². The zero-order chi connectivity index (χ0) is 15.1. The number of aromatic nitrogens is 1. The summed E-state index contributed by atoms with van der Waals surface area (Å²) < 4.78 is 5.40. The number of benzene rings is 1. The van der Waals surface area contributed by atoms with Crippen molar-refractivity contribution in [2.45, 2.75) is 13.3 Å². The molecule has 0 saturated carbocycles. The van der Waals surface area contributed by atoms with Gasteiger partial charge in [0.05, 0.1) is 6.20 Å². The molecule has 0 bridgehead atoms. The maximum Gasteiger partial charge on any atom is 0.262 e. The van der Waals surface area contributed by atoms with Gasteiger partial charge in [-0.25, -0.2) is 0 Å². The summed E-state index contributed by atoms with van der Waals surface area (Å²) in [5.41, 5.74) is 8.22. The zero-order valence-electron chi connectivity index (χ0n) is 12.0. The normalized spacial score (nSPS) is 10.2. The summed E-state index contributed by atoms with van der Waals surface area (Å²) in [7, 11) is 0. The average Bonchev–Trinajstić information content (AvgIpc) is 2.47. The molecule has 0 aliphatic carbocycles. The number of carbonyl (C=O) groups is 1. The molecule has 0 saturated heterocycles. The Bertz CT molecular complexity index is 597. The number of nitrogens with one attached hydrogen (secondary N) is 1. The highest BCUT2D eigenvalue weighted by Gasteiger charge is 2.04. The van der Waals surface area contributed by atoms with Gasteiger partial charge in [-0.3, -0.25) is 9.78 Å². The summed E-state index contributed by atoms with van der Waals surface area (Å²) >= 11 is 0. The van der Waals surface area contributed by atoms with E-state index >= 15 is 0 Å². The van der Waals surface area contributed by atoms with Crippen molar-refractivity contribution >= 4 is 11.6 Å². The van der Waals surface area contributed by atoms with E-state index in [1.165, 1.54) is 0 Å². The molecule has 1 aromatic heterocycles. The number of anilines is 1. The molecule has 0 aliphatic heterocycles. The molecule has 1 aromatic carbocycles. The molecule has 2 rings (SSSR count). The van der Waals surface area contributed by atoms with E-state index in [1.807, 2.05) is 37.3 Å². The van der Waals surface area contributed by atoms with Crippen LogP contribution in [0.25, 0.3) is 0 Å². The van der Waals surface area contributed by atoms with Crippen LogP contribution >= 0.6 is 0 Å². The fourth-order valence-electron chi connectivity index (χ4n) is 1.86. The molecule has 5 nitrogen and oxygen atoms in total. The summed E-state index contributed by atoms with van der Waals surface area (Å²) in [6, 6.07) is 11.3. The quantitative estimate of drug-likeness (QED) is 0.850. The van der Waals surface area contributed by atoms with E-state index in [2.05, 4.69) is 10.3 Å². The van der Waals surface area contributed by atoms with Crippen LogP contribution in [0.4, 0.5) is 5.69 Å². The van der Waals surface area contributed by atoms with E-state index < -0.39 is 0 Å². The highest BCUT2D eigenvalue weighted by molar-refractivity contribution is 5.91. The van der Waals surface area contributed by atoms with Crippen LogP contribution in [0.1, 0.15) is 11.3 Å². The Balaban J connectivity index is 1.83. The van der Waals surface area contributed by atoms with Crippen LogP contribution in [0.3, 0.4) is 0 Å². The highest BCUT2D eigenvalue weighted by atomic mass is 16.5. The van der Waals surface area contributed by atoms with Crippen molar-refractivity contribution < 1.29 is 9.53 Å². The number of hydrogen-bond acceptors (Lipinski definition) is 4. The van der Waals surface area contributed by atoms with E-state index in [-0.39, 0.29) is 12.5 Å². The van der Waals surface area contributed by atoms with Gasteiger partial charge < -0.3 is 15.8 Å². The van der Waals surface area contributed by atoms with Crippen LogP contribution in [-0.4, -0.2) is 24.0 Å². The molecule has 0 atom stereocenters. The summed E-state index contributed by atoms with van der Waals surface area (Å²) in [5.74, 6) is 0.363. The van der Waals surface area contributed by atoms with Gasteiger partial charge in [0.2, 0.25) is 0 Å². The van der Waals surface area contributed by atoms with Crippen molar-refractivity contribution in [1.82, 2.24) is 4.98 Å². The smallest absolute Gasteiger partial charge is 0.262 e. The first-order chi connectivity index (χ1) is 10.2. The van der Waals surface area contributed by atoms with Crippen molar-refractivity contribution in [3.8, 4) is 5.75 Å². The lowest BCUT2D eigenvalue weighted by Crippen LogP contribution is -2.20. The molecule has 110 valence electrons. The van der Waals surface area contributed by atoms with E-state index in [9.17, 15) is 4.79 Å². The SMILES string of the molecule is Cc1cccc(NC(=O)COc2ccc(CCN)nc2)c1. The number of nitrogens with two attached hydrogens (primary N) is 1. The number of aryl methyl sites for hydroxylation is 1. The molecule has 2 aromatic rings. The Labute approximate surface area is 124 Å². The lowest BCUT2D eigenvalue weighted by molar-refractivity contribution is -0.118. The number of hydrogen-bond donors (Lipinski definition) is 2. The molecule has 3 N–H and O–H groups in total. The second-order valence-electron chi connectivity index (χ2n) is 4.73. The Morgan fingerprint density at radius 1 is 1.33 bits per heavy atom. The number of rotatable bonds is 6. The van der Waals surface area contributed by atoms with Gasteiger partial charge >= 0.3 is 0 Å². The monoisotopic (exact) mass is 285 g/mol. The van der Waals surface area contributed by atoms with Crippen molar-refractivity contribution in [1.29, 1.82) is 0 Å². The van der Waals surface area contributed by atoms with Crippen LogP contribution < -0.4 is 15.8 Å². The van der Waals surface area contributed by atoms with Crippen molar-refractivity contribution in [3.05, 3.63) is 53.9 Å². The van der Waals surface area contributed by atoms with Crippen LogP contribution in [0, 0.1) is 6.92 Å². The summed E-state index contributed by atoms with van der Waals surface area (Å²) in [6.07, 6.45) is 2.33. The fourth-order valence-corrected chi connectivity index (χ4v) is 1.86. The largest absolute Gasteiger partial charge is 0.482 e. The van der Waals surface area contributed by atoms with Crippen LogP contribution in [-0.2, 0) is 11.2 Å². The van der Waals surface area contributed by atoms with Crippen LogP contribution in [0.5, 0.6) is 5.75 Å². The first-order valence-corrected chi connectivity index (χ1v) is 6.81. The molecule has 0 radical (unpaired) electrons. The molecule has 0 spiro atoms. The molecule has 21 heavy (non-hydrogen) atoms. The lowest BCUT2D eigenvalue weighted by atomic mass is 10.2. The van der Waals surface area contributed by atoms with Crippen LogP contribution in [0.15, 0.2) is 42.6 Å². The predicted octanol–water partition coefficient (Wildman–Crippen LogP) is 1.91. The second kappa shape index (κ2) is 7.40. The Hall–Kier alpha value is -2.40. The topological polar surface area (TPSA) is 77.2 Å².